The van der Waals surface area contributed by atoms with Gasteiger partial charge in [0.25, 0.3) is 0 Å². The average Bonchev–Trinajstić information content (AvgIpc) is 2.97. The highest BCUT2D eigenvalue weighted by Gasteiger charge is 2.22. The smallest absolute Gasteiger partial charge is 0.0875 e. The minimum absolute atomic E-state index is 0.494. The summed E-state index contributed by atoms with van der Waals surface area (Å²) >= 11 is 6.21. The van der Waals surface area contributed by atoms with Crippen molar-refractivity contribution in [3.63, 3.8) is 0 Å². The summed E-state index contributed by atoms with van der Waals surface area (Å²) in [6.07, 6.45) is 0. The molecule has 0 radical (unpaired) electrons. The van der Waals surface area contributed by atoms with E-state index in [1.807, 2.05) is 43.3 Å². The van der Waals surface area contributed by atoms with Crippen molar-refractivity contribution in [1.82, 2.24) is 4.98 Å². The van der Waals surface area contributed by atoms with Crippen LogP contribution in [0.4, 0.5) is 5.69 Å². The van der Waals surface area contributed by atoms with Crippen LogP contribution in [-0.4, -0.2) is 10.7 Å². The fourth-order valence-corrected chi connectivity index (χ4v) is 3.16. The molecule has 0 saturated carbocycles. The van der Waals surface area contributed by atoms with Crippen LogP contribution in [0.1, 0.15) is 11.1 Å². The lowest BCUT2D eigenvalue weighted by molar-refractivity contribution is 1.36. The number of hydrogen-bond acceptors (Lipinski definition) is 2. The standard InChI is InChI=1S/C18H14ClN3/c1-9-7-12-15(8-13(9)19)21-10(2)16(12)18-17(20)11-5-3-4-6-14(11)22-18/h3-8,20-22H,2H2,1H3/b18-16+,20-17?. The van der Waals surface area contributed by atoms with Crippen LogP contribution in [0.15, 0.2) is 36.4 Å². The van der Waals surface area contributed by atoms with E-state index in [4.69, 9.17) is 17.0 Å². The molecule has 3 nitrogen and oxygen atoms in total. The van der Waals surface area contributed by atoms with Crippen LogP contribution in [-0.2, 0) is 0 Å². The summed E-state index contributed by atoms with van der Waals surface area (Å²) in [5, 5.41) is 15.3. The van der Waals surface area contributed by atoms with Gasteiger partial charge in [0.05, 0.1) is 11.4 Å². The molecule has 4 heteroatoms. The minimum atomic E-state index is 0.494. The van der Waals surface area contributed by atoms with Gasteiger partial charge in [-0.2, -0.15) is 0 Å². The normalized spacial score (nSPS) is 16.0. The summed E-state index contributed by atoms with van der Waals surface area (Å²) in [5.74, 6) is 0. The molecule has 22 heavy (non-hydrogen) atoms. The molecule has 108 valence electrons. The highest BCUT2D eigenvalue weighted by Crippen LogP contribution is 2.28. The molecular weight excluding hydrogens is 294 g/mol. The maximum absolute atomic E-state index is 8.46. The van der Waals surface area contributed by atoms with Gasteiger partial charge in [-0.05, 0) is 30.7 Å². The van der Waals surface area contributed by atoms with E-state index in [0.29, 0.717) is 5.71 Å². The molecule has 3 aromatic rings. The second-order valence-corrected chi connectivity index (χ2v) is 5.95. The summed E-state index contributed by atoms with van der Waals surface area (Å²) in [4.78, 5) is 3.27. The first-order valence-corrected chi connectivity index (χ1v) is 7.40. The first kappa shape index (κ1) is 13.2. The van der Waals surface area contributed by atoms with Gasteiger partial charge >= 0.3 is 0 Å². The quantitative estimate of drug-likeness (QED) is 0.587. The van der Waals surface area contributed by atoms with Crippen molar-refractivity contribution < 1.29 is 0 Å². The second kappa shape index (κ2) is 4.49. The highest BCUT2D eigenvalue weighted by molar-refractivity contribution is 6.35. The highest BCUT2D eigenvalue weighted by atomic mass is 35.5. The van der Waals surface area contributed by atoms with E-state index in [1.54, 1.807) is 0 Å². The number of nitrogens with one attached hydrogen (secondary N) is 3. The Bertz CT molecular complexity index is 1060. The van der Waals surface area contributed by atoms with Crippen LogP contribution in [0.2, 0.25) is 5.02 Å². The maximum atomic E-state index is 8.46. The number of anilines is 1. The number of para-hydroxylation sites is 1. The van der Waals surface area contributed by atoms with Crippen LogP contribution in [0.5, 0.6) is 0 Å². The zero-order valence-electron chi connectivity index (χ0n) is 12.0. The summed E-state index contributed by atoms with van der Waals surface area (Å²) in [5.41, 5.74) is 5.11. The van der Waals surface area contributed by atoms with Gasteiger partial charge in [0, 0.05) is 37.7 Å². The summed E-state index contributed by atoms with van der Waals surface area (Å²) in [6.45, 7) is 6.08. The number of aromatic amines is 1. The summed E-state index contributed by atoms with van der Waals surface area (Å²) < 4.78 is 0. The predicted octanol–water partition coefficient (Wildman–Crippen LogP) is 3.14. The number of fused-ring (bicyclic) bond motifs is 2. The summed E-state index contributed by atoms with van der Waals surface area (Å²) in [7, 11) is 0. The molecule has 0 saturated heterocycles. The van der Waals surface area contributed by atoms with Gasteiger partial charge in [0.15, 0.2) is 0 Å². The van der Waals surface area contributed by atoms with E-state index in [9.17, 15) is 0 Å². The molecule has 1 aromatic heterocycles. The number of benzene rings is 2. The Morgan fingerprint density at radius 1 is 1.18 bits per heavy atom. The van der Waals surface area contributed by atoms with Crippen molar-refractivity contribution in [1.29, 1.82) is 5.41 Å². The largest absolute Gasteiger partial charge is 0.355 e. The van der Waals surface area contributed by atoms with Crippen LogP contribution >= 0.6 is 11.6 Å². The number of aromatic nitrogens is 1. The second-order valence-electron chi connectivity index (χ2n) is 5.55. The van der Waals surface area contributed by atoms with Gasteiger partial charge in [-0.25, -0.2) is 0 Å². The molecule has 1 aliphatic heterocycles. The molecule has 0 amide bonds. The first-order valence-electron chi connectivity index (χ1n) is 7.02. The molecule has 3 N–H and O–H groups in total. The molecule has 4 rings (SSSR count). The van der Waals surface area contributed by atoms with Gasteiger partial charge in [0.2, 0.25) is 0 Å². The molecule has 0 unspecified atom stereocenters. The zero-order chi connectivity index (χ0) is 15.4. The Hall–Kier alpha value is -2.52. The Morgan fingerprint density at radius 2 is 1.95 bits per heavy atom. The van der Waals surface area contributed by atoms with Gasteiger partial charge in [-0.1, -0.05) is 36.4 Å². The van der Waals surface area contributed by atoms with Gasteiger partial charge in [0.1, 0.15) is 0 Å². The van der Waals surface area contributed by atoms with E-state index in [1.165, 1.54) is 0 Å². The SMILES string of the molecule is C=c1[nH]c2cc(Cl)c(C)cc2/c1=C1/Nc2ccccc2C1=N. The van der Waals surface area contributed by atoms with Gasteiger partial charge in [-0.3, -0.25) is 5.41 Å². The van der Waals surface area contributed by atoms with Crippen LogP contribution in [0.25, 0.3) is 23.2 Å². The molecular formula is C18H14ClN3. The van der Waals surface area contributed by atoms with Crippen molar-refractivity contribution in [2.24, 2.45) is 0 Å². The van der Waals surface area contributed by atoms with Crippen LogP contribution < -0.4 is 15.9 Å². The summed E-state index contributed by atoms with van der Waals surface area (Å²) in [6, 6.07) is 11.8. The third-order valence-corrected chi connectivity index (χ3v) is 4.52. The first-order chi connectivity index (χ1) is 10.6. The molecule has 2 aromatic carbocycles. The molecule has 1 aliphatic rings. The van der Waals surface area contributed by atoms with Gasteiger partial charge < -0.3 is 10.3 Å². The maximum Gasteiger partial charge on any atom is 0.0875 e. The lowest BCUT2D eigenvalue weighted by Crippen LogP contribution is -2.27. The third-order valence-electron chi connectivity index (χ3n) is 4.11. The van der Waals surface area contributed by atoms with E-state index in [0.717, 1.165) is 49.0 Å². The Labute approximate surface area is 132 Å². The number of hydrogen-bond donors (Lipinski definition) is 3. The van der Waals surface area contributed by atoms with Crippen molar-refractivity contribution in [3.8, 4) is 0 Å². The monoisotopic (exact) mass is 307 g/mol. The molecule has 0 bridgehead atoms. The molecule has 0 spiro atoms. The third kappa shape index (κ3) is 1.72. The van der Waals surface area contributed by atoms with Crippen molar-refractivity contribution in [2.45, 2.75) is 6.92 Å². The minimum Gasteiger partial charge on any atom is -0.355 e. The van der Waals surface area contributed by atoms with Crippen molar-refractivity contribution in [2.75, 3.05) is 5.32 Å². The number of halogens is 1. The Kier molecular flexibility index (Phi) is 2.68. The van der Waals surface area contributed by atoms with Gasteiger partial charge in [-0.15, -0.1) is 0 Å². The fraction of sp³-hybridized carbons (Fsp3) is 0.0556. The van der Waals surface area contributed by atoms with E-state index >= 15 is 0 Å². The Morgan fingerprint density at radius 3 is 2.73 bits per heavy atom. The molecule has 0 aliphatic carbocycles. The van der Waals surface area contributed by atoms with E-state index < -0.39 is 0 Å². The van der Waals surface area contributed by atoms with Crippen LogP contribution in [0, 0.1) is 12.3 Å². The fourth-order valence-electron chi connectivity index (χ4n) is 2.99. The topological polar surface area (TPSA) is 51.7 Å². The zero-order valence-corrected chi connectivity index (χ0v) is 12.8. The van der Waals surface area contributed by atoms with E-state index in [-0.39, 0.29) is 0 Å². The van der Waals surface area contributed by atoms with E-state index in [2.05, 4.69) is 16.9 Å². The average molecular weight is 308 g/mol. The lowest BCUT2D eigenvalue weighted by Gasteiger charge is -2.01. The molecule has 2 heterocycles. The molecule has 0 atom stereocenters. The Balaban J connectivity index is 2.11. The van der Waals surface area contributed by atoms with Crippen molar-refractivity contribution in [3.05, 3.63) is 63.1 Å². The number of rotatable bonds is 0. The lowest BCUT2D eigenvalue weighted by atomic mass is 10.1. The number of H-pyrrole nitrogens is 1. The van der Waals surface area contributed by atoms with Crippen LogP contribution in [0.3, 0.4) is 0 Å². The molecule has 0 fully saturated rings. The van der Waals surface area contributed by atoms with Crippen molar-refractivity contribution >= 4 is 46.2 Å². The number of aryl methyl sites for hydroxylation is 1. The predicted molar refractivity (Wildman–Crippen MR) is 93.1 cm³/mol.